The first-order chi connectivity index (χ1) is 9.36. The fourth-order valence-electron chi connectivity index (χ4n) is 1.68. The molecule has 0 aliphatic rings. The van der Waals surface area contributed by atoms with Crippen LogP contribution in [0.2, 0.25) is 0 Å². The molecule has 0 saturated heterocycles. The normalized spacial score (nSPS) is 13.2. The van der Waals surface area contributed by atoms with Crippen LogP contribution < -0.4 is 0 Å². The monoisotopic (exact) mass is 318 g/mol. The highest BCUT2D eigenvalue weighted by Crippen LogP contribution is 2.19. The van der Waals surface area contributed by atoms with Crippen molar-refractivity contribution in [1.29, 1.82) is 0 Å². The molecule has 20 heavy (non-hydrogen) atoms. The van der Waals surface area contributed by atoms with Crippen LogP contribution in [0.1, 0.15) is 13.8 Å². The van der Waals surface area contributed by atoms with E-state index in [2.05, 4.69) is 0 Å². The van der Waals surface area contributed by atoms with E-state index in [0.717, 1.165) is 0 Å². The Balaban J connectivity index is 2.77. The number of carbonyl (C=O) groups excluding carboxylic acids is 1. The van der Waals surface area contributed by atoms with Gasteiger partial charge in [0.05, 0.1) is 17.3 Å². The first-order valence-electron chi connectivity index (χ1n) is 6.36. The third-order valence-corrected chi connectivity index (χ3v) is 5.12. The summed E-state index contributed by atoms with van der Waals surface area (Å²) in [5.41, 5.74) is 0. The third-order valence-electron chi connectivity index (χ3n) is 3.05. The Hall–Kier alpha value is -1.07. The van der Waals surface area contributed by atoms with Gasteiger partial charge in [0.25, 0.3) is 0 Å². The van der Waals surface area contributed by atoms with Crippen LogP contribution in [-0.2, 0) is 19.4 Å². The lowest BCUT2D eigenvalue weighted by Crippen LogP contribution is -2.27. The zero-order chi connectivity index (χ0) is 15.2. The van der Waals surface area contributed by atoms with Crippen LogP contribution in [0.5, 0.6) is 0 Å². The minimum atomic E-state index is -3.38. The van der Waals surface area contributed by atoms with E-state index in [1.54, 1.807) is 30.3 Å². The molecule has 0 fully saturated rings. The summed E-state index contributed by atoms with van der Waals surface area (Å²) in [5, 5.41) is 0. The number of halogens is 1. The van der Waals surface area contributed by atoms with Gasteiger partial charge in [0.1, 0.15) is 5.88 Å². The van der Waals surface area contributed by atoms with Gasteiger partial charge in [-0.15, -0.1) is 11.6 Å². The molecule has 0 saturated carbocycles. The summed E-state index contributed by atoms with van der Waals surface area (Å²) in [6.07, 6.45) is 0. The Morgan fingerprint density at radius 3 is 2.35 bits per heavy atom. The quantitative estimate of drug-likeness (QED) is 0.572. The number of sulfone groups is 1. The first kappa shape index (κ1) is 17.0. The van der Waals surface area contributed by atoms with Crippen LogP contribution in [0, 0.1) is 11.8 Å². The number of hydrogen-bond acceptors (Lipinski definition) is 4. The fraction of sp³-hybridized carbons (Fsp3) is 0.500. The van der Waals surface area contributed by atoms with E-state index in [1.807, 2.05) is 13.8 Å². The number of rotatable bonds is 7. The van der Waals surface area contributed by atoms with E-state index in [0.29, 0.717) is 0 Å². The van der Waals surface area contributed by atoms with Gasteiger partial charge in [-0.05, 0) is 18.1 Å². The van der Waals surface area contributed by atoms with Crippen molar-refractivity contribution in [2.24, 2.45) is 11.8 Å². The van der Waals surface area contributed by atoms with E-state index in [4.69, 9.17) is 16.3 Å². The Labute approximate surface area is 125 Å². The summed E-state index contributed by atoms with van der Waals surface area (Å²) in [7, 11) is -3.38. The van der Waals surface area contributed by atoms with Gasteiger partial charge < -0.3 is 4.74 Å². The molecular weight excluding hydrogens is 300 g/mol. The maximum absolute atomic E-state index is 12.3. The van der Waals surface area contributed by atoms with Crippen molar-refractivity contribution in [2.75, 3.05) is 18.2 Å². The summed E-state index contributed by atoms with van der Waals surface area (Å²) >= 11 is 5.35. The van der Waals surface area contributed by atoms with Gasteiger partial charge in [-0.2, -0.15) is 0 Å². The predicted octanol–water partition coefficient (Wildman–Crippen LogP) is 2.51. The molecule has 0 amide bonds. The van der Waals surface area contributed by atoms with Crippen molar-refractivity contribution < 1.29 is 17.9 Å². The number of hydrogen-bond donors (Lipinski definition) is 0. The first-order valence-corrected chi connectivity index (χ1v) is 8.55. The molecule has 1 unspecified atom stereocenters. The Kier molecular flexibility index (Phi) is 6.49. The van der Waals surface area contributed by atoms with Crippen LogP contribution in [-0.4, -0.2) is 32.6 Å². The molecule has 1 aromatic rings. The van der Waals surface area contributed by atoms with Crippen molar-refractivity contribution in [1.82, 2.24) is 0 Å². The molecule has 0 aliphatic heterocycles. The molecule has 1 aromatic carbocycles. The van der Waals surface area contributed by atoms with Gasteiger partial charge in [-0.25, -0.2) is 8.42 Å². The van der Waals surface area contributed by atoms with Gasteiger partial charge in [0.15, 0.2) is 9.84 Å². The lowest BCUT2D eigenvalue weighted by atomic mass is 9.99. The standard InChI is InChI=1S/C14H19ClO4S/c1-11(2)12(9-19-14(16)8-15)10-20(17,18)13-6-4-3-5-7-13/h3-7,11-12H,8-10H2,1-2H3. The number of esters is 1. The predicted molar refractivity (Wildman–Crippen MR) is 78.5 cm³/mol. The van der Waals surface area contributed by atoms with Crippen LogP contribution >= 0.6 is 11.6 Å². The van der Waals surface area contributed by atoms with Crippen LogP contribution in [0.3, 0.4) is 0 Å². The topological polar surface area (TPSA) is 60.4 Å². The van der Waals surface area contributed by atoms with Gasteiger partial charge in [-0.1, -0.05) is 32.0 Å². The number of alkyl halides is 1. The Morgan fingerprint density at radius 2 is 1.85 bits per heavy atom. The van der Waals surface area contributed by atoms with E-state index < -0.39 is 15.8 Å². The lowest BCUT2D eigenvalue weighted by Gasteiger charge is -2.20. The number of carbonyl (C=O) groups is 1. The molecule has 112 valence electrons. The highest BCUT2D eigenvalue weighted by molar-refractivity contribution is 7.91. The zero-order valence-electron chi connectivity index (χ0n) is 11.6. The Morgan fingerprint density at radius 1 is 1.25 bits per heavy atom. The third kappa shape index (κ3) is 5.13. The molecule has 4 nitrogen and oxygen atoms in total. The van der Waals surface area contributed by atoms with Crippen LogP contribution in [0.15, 0.2) is 35.2 Å². The van der Waals surface area contributed by atoms with Gasteiger partial charge in [-0.3, -0.25) is 4.79 Å². The molecule has 0 aliphatic carbocycles. The lowest BCUT2D eigenvalue weighted by molar-refractivity contribution is -0.142. The van der Waals surface area contributed by atoms with Crippen molar-refractivity contribution >= 4 is 27.4 Å². The second kappa shape index (κ2) is 7.64. The molecule has 1 rings (SSSR count). The number of ether oxygens (including phenoxy) is 1. The summed E-state index contributed by atoms with van der Waals surface area (Å²) in [5.74, 6) is -0.987. The average Bonchev–Trinajstić information content (AvgIpc) is 2.43. The highest BCUT2D eigenvalue weighted by Gasteiger charge is 2.24. The molecule has 6 heteroatoms. The SMILES string of the molecule is CC(C)C(COC(=O)CCl)CS(=O)(=O)c1ccccc1. The van der Waals surface area contributed by atoms with Crippen molar-refractivity contribution in [3.63, 3.8) is 0 Å². The van der Waals surface area contributed by atoms with Crippen molar-refractivity contribution in [3.8, 4) is 0 Å². The minimum Gasteiger partial charge on any atom is -0.464 e. The van der Waals surface area contributed by atoms with Gasteiger partial charge in [0, 0.05) is 5.92 Å². The summed E-state index contributed by atoms with van der Waals surface area (Å²) in [6, 6.07) is 8.27. The zero-order valence-corrected chi connectivity index (χ0v) is 13.2. The summed E-state index contributed by atoms with van der Waals surface area (Å²) in [4.78, 5) is 11.4. The van der Waals surface area contributed by atoms with Gasteiger partial charge >= 0.3 is 5.97 Å². The second-order valence-corrected chi connectivity index (χ2v) is 7.22. The molecule has 1 atom stereocenters. The molecule has 0 radical (unpaired) electrons. The van der Waals surface area contributed by atoms with E-state index in [-0.39, 0.29) is 35.0 Å². The fourth-order valence-corrected chi connectivity index (χ4v) is 3.56. The molecule has 0 heterocycles. The molecular formula is C14H19ClO4S. The number of benzene rings is 1. The molecule has 0 spiro atoms. The maximum atomic E-state index is 12.3. The molecule has 0 N–H and O–H groups in total. The van der Waals surface area contributed by atoms with Gasteiger partial charge in [0.2, 0.25) is 0 Å². The largest absolute Gasteiger partial charge is 0.464 e. The minimum absolute atomic E-state index is 0.0513. The molecule has 0 bridgehead atoms. The smallest absolute Gasteiger partial charge is 0.320 e. The molecule has 0 aromatic heterocycles. The summed E-state index contributed by atoms with van der Waals surface area (Å²) in [6.45, 7) is 3.87. The Bertz CT molecular complexity index is 525. The average molecular weight is 319 g/mol. The van der Waals surface area contributed by atoms with Crippen molar-refractivity contribution in [3.05, 3.63) is 30.3 Å². The van der Waals surface area contributed by atoms with Crippen LogP contribution in [0.25, 0.3) is 0 Å². The highest BCUT2D eigenvalue weighted by atomic mass is 35.5. The summed E-state index contributed by atoms with van der Waals surface area (Å²) < 4.78 is 29.6. The van der Waals surface area contributed by atoms with Crippen molar-refractivity contribution in [2.45, 2.75) is 18.7 Å². The van der Waals surface area contributed by atoms with Crippen LogP contribution in [0.4, 0.5) is 0 Å². The van der Waals surface area contributed by atoms with E-state index >= 15 is 0 Å². The van der Waals surface area contributed by atoms with E-state index in [1.165, 1.54) is 0 Å². The second-order valence-electron chi connectivity index (χ2n) is 4.92. The maximum Gasteiger partial charge on any atom is 0.320 e. The van der Waals surface area contributed by atoms with E-state index in [9.17, 15) is 13.2 Å².